The first kappa shape index (κ1) is 22.8. The number of thiocarbonyl (C=S) groups is 1. The second-order valence-corrected chi connectivity index (χ2v) is 9.23. The van der Waals surface area contributed by atoms with Gasteiger partial charge < -0.3 is 30.5 Å². The molecule has 5 atom stereocenters. The zero-order valence-corrected chi connectivity index (χ0v) is 19.5. The van der Waals surface area contributed by atoms with Crippen LogP contribution >= 0.6 is 24.0 Å². The lowest BCUT2D eigenvalue weighted by Crippen LogP contribution is -2.60. The smallest absolute Gasteiger partial charge is 0.225 e. The predicted octanol–water partition coefficient (Wildman–Crippen LogP) is 1.91. The molecule has 2 aromatic rings. The van der Waals surface area contributed by atoms with E-state index in [0.29, 0.717) is 17.4 Å². The Morgan fingerprint density at radius 2 is 1.97 bits per heavy atom. The minimum absolute atomic E-state index is 0.143. The third kappa shape index (κ3) is 4.30. The van der Waals surface area contributed by atoms with Gasteiger partial charge in [0.25, 0.3) is 0 Å². The summed E-state index contributed by atoms with van der Waals surface area (Å²) in [6.45, 7) is 0.301. The Kier molecular flexibility index (Phi) is 6.90. The summed E-state index contributed by atoms with van der Waals surface area (Å²) in [5.41, 5.74) is 1.71. The summed E-state index contributed by atoms with van der Waals surface area (Å²) in [7, 11) is 1.59. The molecule has 1 amide bonds. The topological polar surface area (TPSA) is 94.1 Å². The first-order valence-corrected chi connectivity index (χ1v) is 12.1. The average molecular weight is 474 g/mol. The molecule has 0 spiro atoms. The maximum atomic E-state index is 13.3. The molecule has 1 saturated heterocycles. The van der Waals surface area contributed by atoms with Gasteiger partial charge in [-0.15, -0.1) is 11.8 Å². The monoisotopic (exact) mass is 473 g/mol. The molecule has 1 aliphatic carbocycles. The van der Waals surface area contributed by atoms with Crippen molar-refractivity contribution in [3.8, 4) is 5.75 Å². The highest BCUT2D eigenvalue weighted by atomic mass is 32.2. The van der Waals surface area contributed by atoms with Crippen LogP contribution in [0.4, 0.5) is 5.69 Å². The van der Waals surface area contributed by atoms with Crippen LogP contribution in [0.2, 0.25) is 0 Å². The van der Waals surface area contributed by atoms with Gasteiger partial charge in [-0.2, -0.15) is 0 Å². The van der Waals surface area contributed by atoms with Crippen LogP contribution in [0.5, 0.6) is 5.75 Å². The van der Waals surface area contributed by atoms with E-state index in [4.69, 9.17) is 17.0 Å². The van der Waals surface area contributed by atoms with Crippen molar-refractivity contribution in [3.05, 3.63) is 54.1 Å². The molecule has 170 valence electrons. The Morgan fingerprint density at radius 1 is 1.25 bits per heavy atom. The molecule has 4 N–H and O–H groups in total. The van der Waals surface area contributed by atoms with Gasteiger partial charge in [-0.1, -0.05) is 18.2 Å². The van der Waals surface area contributed by atoms with Gasteiger partial charge in [0.2, 0.25) is 5.91 Å². The second-order valence-electron chi connectivity index (χ2n) is 7.96. The minimum atomic E-state index is -1.02. The Balaban J connectivity index is 1.59. The molecule has 5 unspecified atom stereocenters. The number of benzene rings is 2. The van der Waals surface area contributed by atoms with Crippen molar-refractivity contribution in [2.24, 2.45) is 5.92 Å². The zero-order chi connectivity index (χ0) is 22.8. The highest BCUT2D eigenvalue weighted by Gasteiger charge is 2.53. The van der Waals surface area contributed by atoms with Crippen molar-refractivity contribution in [1.29, 1.82) is 0 Å². The summed E-state index contributed by atoms with van der Waals surface area (Å²) in [5, 5.41) is 27.7. The number of amides is 1. The first-order valence-electron chi connectivity index (χ1n) is 10.4. The first-order chi connectivity index (χ1) is 15.4. The summed E-state index contributed by atoms with van der Waals surface area (Å²) >= 11 is 7.21. The quantitative estimate of drug-likeness (QED) is 0.374. The SMILES string of the molecule is COc1ccccc1CNC(=O)C1CC(O)C(O)C2NC(=S)N(c3ccc(SC)cc3)C12. The highest BCUT2D eigenvalue weighted by Crippen LogP contribution is 2.37. The Morgan fingerprint density at radius 3 is 2.66 bits per heavy atom. The number of rotatable bonds is 6. The van der Waals surface area contributed by atoms with Crippen molar-refractivity contribution in [2.75, 3.05) is 18.3 Å². The maximum Gasteiger partial charge on any atom is 0.225 e. The number of carbonyl (C=O) groups is 1. The van der Waals surface area contributed by atoms with Gasteiger partial charge in [0.15, 0.2) is 5.11 Å². The number of hydrogen-bond acceptors (Lipinski definition) is 6. The molecule has 1 aliphatic heterocycles. The average Bonchev–Trinajstić information content (AvgIpc) is 3.17. The number of anilines is 1. The minimum Gasteiger partial charge on any atom is -0.496 e. The molecule has 1 heterocycles. The van der Waals surface area contributed by atoms with Gasteiger partial charge >= 0.3 is 0 Å². The van der Waals surface area contributed by atoms with Crippen LogP contribution in [-0.2, 0) is 11.3 Å². The number of carbonyl (C=O) groups excluding carboxylic acids is 1. The molecule has 0 aromatic heterocycles. The van der Waals surface area contributed by atoms with Crippen LogP contribution in [0.25, 0.3) is 0 Å². The number of aliphatic hydroxyl groups excluding tert-OH is 2. The number of hydrogen-bond donors (Lipinski definition) is 4. The summed E-state index contributed by atoms with van der Waals surface area (Å²) < 4.78 is 5.37. The van der Waals surface area contributed by atoms with Crippen LogP contribution in [0, 0.1) is 5.92 Å². The lowest BCUT2D eigenvalue weighted by molar-refractivity contribution is -0.131. The van der Waals surface area contributed by atoms with E-state index in [-0.39, 0.29) is 12.3 Å². The lowest BCUT2D eigenvalue weighted by Gasteiger charge is -2.41. The van der Waals surface area contributed by atoms with E-state index in [1.165, 1.54) is 0 Å². The lowest BCUT2D eigenvalue weighted by atomic mass is 9.77. The van der Waals surface area contributed by atoms with Crippen LogP contribution < -0.4 is 20.3 Å². The third-order valence-electron chi connectivity index (χ3n) is 6.18. The van der Waals surface area contributed by atoms with E-state index < -0.39 is 30.2 Å². The summed E-state index contributed by atoms with van der Waals surface area (Å²) in [5.74, 6) is -0.0700. The molecule has 2 aliphatic rings. The molecule has 9 heteroatoms. The Hall–Kier alpha value is -2.33. The molecule has 2 aromatic carbocycles. The summed E-state index contributed by atoms with van der Waals surface area (Å²) in [4.78, 5) is 16.3. The van der Waals surface area contributed by atoms with E-state index in [1.54, 1.807) is 18.9 Å². The van der Waals surface area contributed by atoms with E-state index in [1.807, 2.05) is 59.7 Å². The number of nitrogens with zero attached hydrogens (tertiary/aromatic N) is 1. The number of nitrogens with one attached hydrogen (secondary N) is 2. The zero-order valence-electron chi connectivity index (χ0n) is 17.9. The standard InChI is InChI=1S/C23H27N3O4S2/c1-30-18-6-4-3-5-13(18)12-24-22(29)16-11-17(27)21(28)19-20(16)26(23(31)25-19)14-7-9-15(32-2)10-8-14/h3-10,16-17,19-21,27-28H,11-12H2,1-2H3,(H,24,29)(H,25,31). The number of fused-ring (bicyclic) bond motifs is 1. The molecule has 2 fully saturated rings. The number of thioether (sulfide) groups is 1. The van der Waals surface area contributed by atoms with Gasteiger partial charge in [-0.3, -0.25) is 4.79 Å². The maximum absolute atomic E-state index is 13.3. The van der Waals surface area contributed by atoms with E-state index in [2.05, 4.69) is 10.6 Å². The number of para-hydroxylation sites is 1. The van der Waals surface area contributed by atoms with Gasteiger partial charge in [0, 0.05) is 22.7 Å². The van der Waals surface area contributed by atoms with Crippen molar-refractivity contribution in [3.63, 3.8) is 0 Å². The third-order valence-corrected chi connectivity index (χ3v) is 7.24. The predicted molar refractivity (Wildman–Crippen MR) is 129 cm³/mol. The van der Waals surface area contributed by atoms with Gasteiger partial charge in [-0.25, -0.2) is 0 Å². The molecule has 32 heavy (non-hydrogen) atoms. The number of ether oxygens (including phenoxy) is 1. The van der Waals surface area contributed by atoms with Crippen molar-refractivity contribution in [1.82, 2.24) is 10.6 Å². The molecule has 4 rings (SSSR count). The molecule has 0 radical (unpaired) electrons. The van der Waals surface area contributed by atoms with Crippen LogP contribution in [0.1, 0.15) is 12.0 Å². The summed E-state index contributed by atoms with van der Waals surface area (Å²) in [6, 6.07) is 14.5. The van der Waals surface area contributed by atoms with Crippen LogP contribution in [0.15, 0.2) is 53.4 Å². The normalized spacial score (nSPS) is 26.9. The molecule has 0 bridgehead atoms. The van der Waals surface area contributed by atoms with Gasteiger partial charge in [0.05, 0.1) is 31.2 Å². The fourth-order valence-corrected chi connectivity index (χ4v) is 5.32. The molecular weight excluding hydrogens is 446 g/mol. The Labute approximate surface area is 197 Å². The largest absolute Gasteiger partial charge is 0.496 e. The molecular formula is C23H27N3O4S2. The van der Waals surface area contributed by atoms with Crippen LogP contribution in [-0.4, -0.2) is 58.9 Å². The van der Waals surface area contributed by atoms with Crippen molar-refractivity contribution < 1.29 is 19.7 Å². The molecule has 7 nitrogen and oxygen atoms in total. The van der Waals surface area contributed by atoms with Gasteiger partial charge in [-0.05, 0) is 55.2 Å². The second kappa shape index (κ2) is 9.66. The van der Waals surface area contributed by atoms with E-state index in [0.717, 1.165) is 16.1 Å². The molecule has 1 saturated carbocycles. The van der Waals surface area contributed by atoms with E-state index in [9.17, 15) is 15.0 Å². The fourth-order valence-electron chi connectivity index (χ4n) is 4.55. The summed E-state index contributed by atoms with van der Waals surface area (Å²) in [6.07, 6.45) is 0.108. The Bertz CT molecular complexity index is 987. The fraction of sp³-hybridized carbons (Fsp3) is 0.391. The van der Waals surface area contributed by atoms with Crippen molar-refractivity contribution >= 4 is 40.7 Å². The van der Waals surface area contributed by atoms with Crippen molar-refractivity contribution in [2.45, 2.75) is 42.2 Å². The van der Waals surface area contributed by atoms with Crippen LogP contribution in [0.3, 0.4) is 0 Å². The highest BCUT2D eigenvalue weighted by molar-refractivity contribution is 7.98. The number of aliphatic hydroxyl groups is 2. The number of methoxy groups -OCH3 is 1. The van der Waals surface area contributed by atoms with E-state index >= 15 is 0 Å². The van der Waals surface area contributed by atoms with Gasteiger partial charge in [0.1, 0.15) is 11.9 Å².